The number of fused-ring (bicyclic) bond motifs is 1. The van der Waals surface area contributed by atoms with Crippen LogP contribution in [0.15, 0.2) is 61.1 Å². The summed E-state index contributed by atoms with van der Waals surface area (Å²) in [7, 11) is 1.67. The second-order valence-electron chi connectivity index (χ2n) is 6.26. The zero-order valence-corrected chi connectivity index (χ0v) is 15.6. The molecule has 27 heavy (non-hydrogen) atoms. The molecule has 0 atom stereocenters. The minimum Gasteiger partial charge on any atom is -0.496 e. The number of methoxy groups -OCH3 is 1. The van der Waals surface area contributed by atoms with Gasteiger partial charge in [0.25, 0.3) is 0 Å². The van der Waals surface area contributed by atoms with Crippen LogP contribution in [0.3, 0.4) is 0 Å². The van der Waals surface area contributed by atoms with E-state index < -0.39 is 0 Å². The molecule has 5 nitrogen and oxygen atoms in total. The Balaban J connectivity index is 1.46. The largest absolute Gasteiger partial charge is 0.496 e. The molecule has 0 bridgehead atoms. The molecule has 0 amide bonds. The number of hydrogen-bond donors (Lipinski definition) is 2. The zero-order chi connectivity index (χ0) is 18.6. The molecule has 0 unspecified atom stereocenters. The molecule has 0 radical (unpaired) electrons. The summed E-state index contributed by atoms with van der Waals surface area (Å²) in [4.78, 5) is 12.1. The van der Waals surface area contributed by atoms with E-state index in [1.54, 1.807) is 13.3 Å². The molecule has 3 heterocycles. The Morgan fingerprint density at radius 1 is 1.04 bits per heavy atom. The predicted molar refractivity (Wildman–Crippen MR) is 108 cm³/mol. The van der Waals surface area contributed by atoms with Gasteiger partial charge in [0.15, 0.2) is 0 Å². The van der Waals surface area contributed by atoms with Gasteiger partial charge in [0.2, 0.25) is 0 Å². The van der Waals surface area contributed by atoms with Gasteiger partial charge in [-0.3, -0.25) is 0 Å². The quantitative estimate of drug-likeness (QED) is 0.504. The molecule has 0 aliphatic carbocycles. The van der Waals surface area contributed by atoms with E-state index in [0.717, 1.165) is 50.7 Å². The van der Waals surface area contributed by atoms with E-state index in [1.807, 2.05) is 48.8 Å². The minimum atomic E-state index is 0.703. The number of anilines is 1. The molecule has 4 aromatic rings. The summed E-state index contributed by atoms with van der Waals surface area (Å²) in [6.07, 6.45) is 6.37. The molecule has 2 N–H and O–H groups in total. The van der Waals surface area contributed by atoms with Crippen molar-refractivity contribution >= 4 is 28.5 Å². The highest BCUT2D eigenvalue weighted by atomic mass is 35.5. The zero-order valence-electron chi connectivity index (χ0n) is 14.9. The van der Waals surface area contributed by atoms with Crippen molar-refractivity contribution in [2.75, 3.05) is 12.4 Å². The van der Waals surface area contributed by atoms with E-state index in [0.29, 0.717) is 6.54 Å². The molecule has 0 saturated carbocycles. The summed E-state index contributed by atoms with van der Waals surface area (Å²) in [6.45, 7) is 0.703. The summed E-state index contributed by atoms with van der Waals surface area (Å²) in [5.41, 5.74) is 4.25. The number of aromatic nitrogens is 3. The van der Waals surface area contributed by atoms with Crippen LogP contribution in [0.25, 0.3) is 11.0 Å². The number of hydrogen-bond acceptors (Lipinski definition) is 4. The van der Waals surface area contributed by atoms with Crippen molar-refractivity contribution in [2.24, 2.45) is 0 Å². The van der Waals surface area contributed by atoms with Crippen LogP contribution in [0.1, 0.15) is 16.7 Å². The second-order valence-corrected chi connectivity index (χ2v) is 6.70. The molecule has 6 heteroatoms. The van der Waals surface area contributed by atoms with Crippen LogP contribution < -0.4 is 10.1 Å². The van der Waals surface area contributed by atoms with Crippen molar-refractivity contribution in [1.82, 2.24) is 15.0 Å². The highest BCUT2D eigenvalue weighted by molar-refractivity contribution is 6.30. The Kier molecular flexibility index (Phi) is 4.94. The maximum absolute atomic E-state index is 5.91. The van der Waals surface area contributed by atoms with E-state index in [1.165, 1.54) is 0 Å². The van der Waals surface area contributed by atoms with Crippen molar-refractivity contribution in [3.05, 3.63) is 82.8 Å². The smallest absolute Gasteiger partial charge is 0.141 e. The Bertz CT molecular complexity index is 1040. The van der Waals surface area contributed by atoms with E-state index in [2.05, 4.69) is 26.3 Å². The number of ether oxygens (including phenoxy) is 1. The molecule has 136 valence electrons. The van der Waals surface area contributed by atoms with Crippen LogP contribution in [0.2, 0.25) is 5.02 Å². The van der Waals surface area contributed by atoms with E-state index >= 15 is 0 Å². The van der Waals surface area contributed by atoms with E-state index in [4.69, 9.17) is 16.3 Å². The molecule has 1 aromatic carbocycles. The van der Waals surface area contributed by atoms with Crippen molar-refractivity contribution in [2.45, 2.75) is 13.0 Å². The molecule has 0 spiro atoms. The minimum absolute atomic E-state index is 0.703. The number of H-pyrrole nitrogens is 1. The molecular formula is C21H19ClN4O. The molecular weight excluding hydrogens is 360 g/mol. The Labute approximate surface area is 162 Å². The molecule has 0 saturated heterocycles. The van der Waals surface area contributed by atoms with Crippen LogP contribution in [0.5, 0.6) is 5.75 Å². The lowest BCUT2D eigenvalue weighted by atomic mass is 10.1. The highest BCUT2D eigenvalue weighted by Crippen LogP contribution is 2.28. The van der Waals surface area contributed by atoms with Crippen molar-refractivity contribution in [3.63, 3.8) is 0 Å². The summed E-state index contributed by atoms with van der Waals surface area (Å²) in [5.74, 6) is 1.66. The first-order valence-corrected chi connectivity index (χ1v) is 9.03. The fraction of sp³-hybridized carbons (Fsp3) is 0.143. The average molecular weight is 379 g/mol. The van der Waals surface area contributed by atoms with Crippen LogP contribution >= 0.6 is 11.6 Å². The molecule has 0 aliphatic heterocycles. The fourth-order valence-electron chi connectivity index (χ4n) is 3.05. The van der Waals surface area contributed by atoms with E-state index in [9.17, 15) is 0 Å². The first-order valence-electron chi connectivity index (χ1n) is 8.65. The Hall–Kier alpha value is -3.05. The van der Waals surface area contributed by atoms with Gasteiger partial charge in [-0.15, -0.1) is 0 Å². The number of pyridine rings is 2. The van der Waals surface area contributed by atoms with Gasteiger partial charge in [-0.1, -0.05) is 29.8 Å². The standard InChI is InChI=1S/C21H19ClN4O/c1-27-18-8-9-23-21-20(18)16(13-26-21)10-15-4-7-19(25-12-15)24-11-14-2-5-17(22)6-3-14/h2-9,12-13H,10-11H2,1H3,(H,23,26)(H,24,25). The molecule has 4 rings (SSSR count). The lowest BCUT2D eigenvalue weighted by molar-refractivity contribution is 0.419. The predicted octanol–water partition coefficient (Wildman–Crippen LogP) is 4.82. The molecule has 0 fully saturated rings. The number of aromatic amines is 1. The number of rotatable bonds is 6. The van der Waals surface area contributed by atoms with Gasteiger partial charge < -0.3 is 15.0 Å². The monoisotopic (exact) mass is 378 g/mol. The lowest BCUT2D eigenvalue weighted by Crippen LogP contribution is -2.01. The van der Waals surface area contributed by atoms with Crippen molar-refractivity contribution in [3.8, 4) is 5.75 Å². The number of halogens is 1. The third-order valence-electron chi connectivity index (χ3n) is 4.44. The Morgan fingerprint density at radius 3 is 2.59 bits per heavy atom. The normalized spacial score (nSPS) is 10.9. The van der Waals surface area contributed by atoms with Gasteiger partial charge in [-0.05, 0) is 41.0 Å². The summed E-state index contributed by atoms with van der Waals surface area (Å²) < 4.78 is 5.47. The average Bonchev–Trinajstić information content (AvgIpc) is 3.12. The SMILES string of the molecule is COc1ccnc2[nH]cc(Cc3ccc(NCc4ccc(Cl)cc4)nc3)c12. The van der Waals surface area contributed by atoms with Crippen molar-refractivity contribution in [1.29, 1.82) is 0 Å². The van der Waals surface area contributed by atoms with Crippen LogP contribution in [0.4, 0.5) is 5.82 Å². The Morgan fingerprint density at radius 2 is 1.85 bits per heavy atom. The fourth-order valence-corrected chi connectivity index (χ4v) is 3.18. The van der Waals surface area contributed by atoms with Crippen LogP contribution in [-0.2, 0) is 13.0 Å². The van der Waals surface area contributed by atoms with Gasteiger partial charge in [-0.2, -0.15) is 0 Å². The third kappa shape index (κ3) is 3.88. The highest BCUT2D eigenvalue weighted by Gasteiger charge is 2.11. The van der Waals surface area contributed by atoms with Gasteiger partial charge in [0.1, 0.15) is 17.2 Å². The summed E-state index contributed by atoms with van der Waals surface area (Å²) in [6, 6.07) is 13.7. The molecule has 0 aliphatic rings. The van der Waals surface area contributed by atoms with Crippen molar-refractivity contribution < 1.29 is 4.74 Å². The third-order valence-corrected chi connectivity index (χ3v) is 4.70. The van der Waals surface area contributed by atoms with E-state index in [-0.39, 0.29) is 0 Å². The van der Waals surface area contributed by atoms with Crippen LogP contribution in [-0.4, -0.2) is 22.1 Å². The number of nitrogens with zero attached hydrogens (tertiary/aromatic N) is 2. The summed E-state index contributed by atoms with van der Waals surface area (Å²) >= 11 is 5.91. The van der Waals surface area contributed by atoms with Gasteiger partial charge in [0, 0.05) is 36.6 Å². The topological polar surface area (TPSA) is 62.8 Å². The number of benzene rings is 1. The first-order chi connectivity index (χ1) is 13.2. The van der Waals surface area contributed by atoms with Gasteiger partial charge >= 0.3 is 0 Å². The summed E-state index contributed by atoms with van der Waals surface area (Å²) in [5, 5.41) is 5.08. The lowest BCUT2D eigenvalue weighted by Gasteiger charge is -2.08. The maximum atomic E-state index is 5.91. The van der Waals surface area contributed by atoms with Crippen LogP contribution in [0, 0.1) is 0 Å². The van der Waals surface area contributed by atoms with Gasteiger partial charge in [0.05, 0.1) is 12.5 Å². The second kappa shape index (κ2) is 7.68. The first kappa shape index (κ1) is 17.4. The number of nitrogens with one attached hydrogen (secondary N) is 2. The molecule has 3 aromatic heterocycles. The maximum Gasteiger partial charge on any atom is 0.141 e. The van der Waals surface area contributed by atoms with Gasteiger partial charge in [-0.25, -0.2) is 9.97 Å².